The van der Waals surface area contributed by atoms with Crippen molar-refractivity contribution in [1.29, 1.82) is 0 Å². The molecule has 2 aromatic rings. The van der Waals surface area contributed by atoms with Gasteiger partial charge in [0.2, 0.25) is 0 Å². The van der Waals surface area contributed by atoms with Gasteiger partial charge in [0.25, 0.3) is 0 Å². The lowest BCUT2D eigenvalue weighted by Gasteiger charge is -2.43. The molecule has 4 heteroatoms. The molecule has 1 aromatic carbocycles. The summed E-state index contributed by atoms with van der Waals surface area (Å²) in [7, 11) is -2.27. The first kappa shape index (κ1) is 15.2. The van der Waals surface area contributed by atoms with Crippen molar-refractivity contribution in [3.8, 4) is 0 Å². The Hall–Kier alpha value is -2.20. The summed E-state index contributed by atoms with van der Waals surface area (Å²) in [6.07, 6.45) is 2.68. The number of aromatic amines is 1. The molecule has 2 rings (SSSR count). The summed E-state index contributed by atoms with van der Waals surface area (Å²) in [6, 6.07) is 10.4. The quantitative estimate of drug-likeness (QED) is 0.792. The van der Waals surface area contributed by atoms with E-state index in [0.29, 0.717) is 0 Å². The van der Waals surface area contributed by atoms with Crippen LogP contribution in [0.4, 0.5) is 0 Å². The lowest BCUT2D eigenvalue weighted by molar-refractivity contribution is 0.644. The molecule has 0 saturated heterocycles. The molecule has 0 spiro atoms. The molecule has 1 unspecified atom stereocenters. The first-order valence-corrected chi connectivity index (χ1v) is 9.26. The maximum atomic E-state index is 4.40. The van der Waals surface area contributed by atoms with Gasteiger partial charge in [-0.15, -0.1) is 19.7 Å². The maximum absolute atomic E-state index is 4.40. The van der Waals surface area contributed by atoms with Gasteiger partial charge >= 0.3 is 0 Å². The highest BCUT2D eigenvalue weighted by atomic mass is 28.3. The number of nitrogens with zero attached hydrogens (tertiary/aromatic N) is 2. The predicted octanol–water partition coefficient (Wildman–Crippen LogP) is 3.66. The molecule has 0 fully saturated rings. The number of rotatable bonds is 7. The van der Waals surface area contributed by atoms with E-state index in [9.17, 15) is 0 Å². The Kier molecular flexibility index (Phi) is 4.38. The van der Waals surface area contributed by atoms with Crippen LogP contribution in [0.5, 0.6) is 0 Å². The second kappa shape index (κ2) is 6.05. The average Bonchev–Trinajstić information content (AvgIpc) is 3.08. The molecule has 108 valence electrons. The Balaban J connectivity index is 2.84. The van der Waals surface area contributed by atoms with Crippen molar-refractivity contribution in [3.63, 3.8) is 0 Å². The van der Waals surface area contributed by atoms with Gasteiger partial charge < -0.3 is 0 Å². The highest BCUT2D eigenvalue weighted by Gasteiger charge is 2.50. The summed E-state index contributed by atoms with van der Waals surface area (Å²) in [4.78, 5) is 0. The van der Waals surface area contributed by atoms with Gasteiger partial charge in [0, 0.05) is 5.04 Å². The Morgan fingerprint density at radius 1 is 1.14 bits per heavy atom. The van der Waals surface area contributed by atoms with Gasteiger partial charge in [-0.2, -0.15) is 15.4 Å². The minimum absolute atomic E-state index is 0.299. The lowest BCUT2D eigenvalue weighted by Crippen LogP contribution is -2.53. The van der Waals surface area contributed by atoms with E-state index < -0.39 is 8.07 Å². The van der Waals surface area contributed by atoms with Gasteiger partial charge in [-0.25, -0.2) is 0 Å². The highest BCUT2D eigenvalue weighted by molar-refractivity contribution is 6.95. The van der Waals surface area contributed by atoms with Crippen molar-refractivity contribution in [2.45, 2.75) is 18.4 Å². The molecule has 0 aliphatic carbocycles. The van der Waals surface area contributed by atoms with Crippen molar-refractivity contribution in [2.75, 3.05) is 0 Å². The molecule has 3 nitrogen and oxygen atoms in total. The van der Waals surface area contributed by atoms with Gasteiger partial charge in [-0.3, -0.25) is 0 Å². The molecule has 0 aliphatic heterocycles. The Morgan fingerprint density at radius 2 is 1.76 bits per heavy atom. The zero-order valence-corrected chi connectivity index (χ0v) is 13.4. The number of H-pyrrole nitrogens is 1. The molecular weight excluding hydrogens is 274 g/mol. The number of hydrogen-bond acceptors (Lipinski definition) is 2. The van der Waals surface area contributed by atoms with Gasteiger partial charge in [-0.1, -0.05) is 54.4 Å². The summed E-state index contributed by atoms with van der Waals surface area (Å²) >= 11 is 0. The van der Waals surface area contributed by atoms with Crippen molar-refractivity contribution < 1.29 is 0 Å². The molecule has 1 heterocycles. The first-order chi connectivity index (χ1) is 10.2. The highest BCUT2D eigenvalue weighted by Crippen LogP contribution is 2.44. The smallest absolute Gasteiger partial charge is 0.141 e. The zero-order chi connectivity index (χ0) is 15.3. The number of benzene rings is 1. The van der Waals surface area contributed by atoms with E-state index >= 15 is 0 Å². The normalized spacial score (nSPS) is 14.1. The van der Waals surface area contributed by atoms with Crippen LogP contribution in [0.2, 0.25) is 0 Å². The minimum Gasteiger partial charge on any atom is -0.198 e. The number of hydrogen-bond donors (Lipinski definition) is 1. The zero-order valence-electron chi connectivity index (χ0n) is 12.4. The molecule has 0 radical (unpaired) electrons. The second-order valence-electron chi connectivity index (χ2n) is 5.03. The maximum Gasteiger partial charge on any atom is 0.141 e. The summed E-state index contributed by atoms with van der Waals surface area (Å²) in [5, 5.41) is 10.9. The van der Waals surface area contributed by atoms with Crippen LogP contribution in [0, 0.1) is 0 Å². The number of aromatic nitrogens is 3. The molecule has 0 saturated carbocycles. The van der Waals surface area contributed by atoms with Crippen molar-refractivity contribution in [3.05, 3.63) is 84.6 Å². The van der Waals surface area contributed by atoms with Crippen molar-refractivity contribution >= 4 is 8.07 Å². The van der Waals surface area contributed by atoms with Crippen molar-refractivity contribution in [1.82, 2.24) is 15.4 Å². The standard InChI is InChI=1S/C17H21N3Si/c1-5-17(16-14-18-20-19-16,15-12-10-9-11-13-15)21(6-2,7-3)8-4/h6-14H,2-5H2,1H3,(H,18,19,20). The molecule has 0 aliphatic rings. The second-order valence-corrected chi connectivity index (χ2v) is 8.97. The third-order valence-corrected chi connectivity index (χ3v) is 8.81. The van der Waals surface area contributed by atoms with Gasteiger partial charge in [0.05, 0.1) is 11.9 Å². The fourth-order valence-corrected chi connectivity index (χ4v) is 6.60. The van der Waals surface area contributed by atoms with E-state index in [4.69, 9.17) is 0 Å². The van der Waals surface area contributed by atoms with E-state index in [1.807, 2.05) is 35.3 Å². The third-order valence-electron chi connectivity index (χ3n) is 4.40. The summed E-state index contributed by atoms with van der Waals surface area (Å²) in [5.74, 6) is 0. The molecule has 0 amide bonds. The van der Waals surface area contributed by atoms with Crippen LogP contribution < -0.4 is 0 Å². The van der Waals surface area contributed by atoms with Crippen LogP contribution in [0.3, 0.4) is 0 Å². The largest absolute Gasteiger partial charge is 0.198 e. The number of nitrogens with one attached hydrogen (secondary N) is 1. The van der Waals surface area contributed by atoms with E-state index in [0.717, 1.165) is 12.1 Å². The van der Waals surface area contributed by atoms with E-state index in [-0.39, 0.29) is 5.04 Å². The predicted molar refractivity (Wildman–Crippen MR) is 90.2 cm³/mol. The van der Waals surface area contributed by atoms with Crippen molar-refractivity contribution in [2.24, 2.45) is 0 Å². The summed E-state index contributed by atoms with van der Waals surface area (Å²) in [6.45, 7) is 14.4. The van der Waals surface area contributed by atoms with Gasteiger partial charge in [-0.05, 0) is 12.0 Å². The van der Waals surface area contributed by atoms with Crippen LogP contribution in [-0.4, -0.2) is 23.5 Å². The van der Waals surface area contributed by atoms with Gasteiger partial charge in [0.15, 0.2) is 0 Å². The summed E-state index contributed by atoms with van der Waals surface area (Å²) < 4.78 is 0. The lowest BCUT2D eigenvalue weighted by atomic mass is 9.92. The Labute approximate surface area is 127 Å². The third kappa shape index (κ3) is 2.12. The van der Waals surface area contributed by atoms with Crippen LogP contribution in [0.25, 0.3) is 0 Å². The van der Waals surface area contributed by atoms with Crippen LogP contribution in [0.15, 0.2) is 73.4 Å². The molecular formula is C17H21N3Si. The molecule has 1 aromatic heterocycles. The molecule has 21 heavy (non-hydrogen) atoms. The Bertz CT molecular complexity index is 597. The average molecular weight is 295 g/mol. The van der Waals surface area contributed by atoms with E-state index in [1.54, 1.807) is 6.20 Å². The fourth-order valence-electron chi connectivity index (χ4n) is 3.21. The molecule has 1 atom stereocenters. The topological polar surface area (TPSA) is 41.6 Å². The van der Waals surface area contributed by atoms with Crippen LogP contribution >= 0.6 is 0 Å². The van der Waals surface area contributed by atoms with Crippen LogP contribution in [0.1, 0.15) is 24.6 Å². The SMILES string of the molecule is C=C[Si](C=C)(C=C)C(CC)(c1ccccc1)c1cn[nH]n1. The first-order valence-electron chi connectivity index (χ1n) is 7.03. The van der Waals surface area contributed by atoms with Gasteiger partial charge in [0.1, 0.15) is 8.07 Å². The van der Waals surface area contributed by atoms with E-state index in [2.05, 4.69) is 54.2 Å². The fraction of sp³-hybridized carbons (Fsp3) is 0.176. The molecule has 1 N–H and O–H groups in total. The summed E-state index contributed by atoms with van der Waals surface area (Å²) in [5.41, 5.74) is 8.20. The Morgan fingerprint density at radius 3 is 2.19 bits per heavy atom. The monoisotopic (exact) mass is 295 g/mol. The minimum atomic E-state index is -2.27. The molecule has 0 bridgehead atoms. The van der Waals surface area contributed by atoms with Crippen LogP contribution in [-0.2, 0) is 5.04 Å². The van der Waals surface area contributed by atoms with E-state index in [1.165, 1.54) is 5.56 Å².